The predicted molar refractivity (Wildman–Crippen MR) is 131 cm³/mol. The van der Waals surface area contributed by atoms with Crippen LogP contribution in [0.2, 0.25) is 0 Å². The number of nitrogens with one attached hydrogen (secondary N) is 2. The van der Waals surface area contributed by atoms with Crippen LogP contribution in [0.4, 0.5) is 20.6 Å². The molecule has 3 rings (SSSR count). The van der Waals surface area contributed by atoms with Gasteiger partial charge < -0.3 is 15.7 Å². The smallest absolute Gasteiger partial charge is 0.323 e. The second kappa shape index (κ2) is 9.87. The first-order valence-electron chi connectivity index (χ1n) is 10.8. The van der Waals surface area contributed by atoms with Gasteiger partial charge in [-0.1, -0.05) is 36.4 Å². The van der Waals surface area contributed by atoms with Crippen molar-refractivity contribution in [2.24, 2.45) is 5.41 Å². The fourth-order valence-electron chi connectivity index (χ4n) is 3.33. The van der Waals surface area contributed by atoms with Crippen LogP contribution in [0.5, 0.6) is 0 Å². The Labute approximate surface area is 197 Å². The van der Waals surface area contributed by atoms with Gasteiger partial charge in [-0.05, 0) is 74.2 Å². The minimum Gasteiger partial charge on any atom is -0.481 e. The third-order valence-corrected chi connectivity index (χ3v) is 5.70. The van der Waals surface area contributed by atoms with Crippen molar-refractivity contribution < 1.29 is 23.9 Å². The van der Waals surface area contributed by atoms with E-state index in [9.17, 15) is 23.9 Å². The van der Waals surface area contributed by atoms with E-state index in [0.29, 0.717) is 22.4 Å². The van der Waals surface area contributed by atoms with Crippen molar-refractivity contribution in [2.45, 2.75) is 34.1 Å². The summed E-state index contributed by atoms with van der Waals surface area (Å²) in [5, 5.41) is 14.4. The Morgan fingerprint density at radius 3 is 2.09 bits per heavy atom. The lowest BCUT2D eigenvalue weighted by atomic mass is 9.85. The molecule has 0 aromatic heterocycles. The molecule has 0 spiro atoms. The van der Waals surface area contributed by atoms with Crippen molar-refractivity contribution in [1.29, 1.82) is 0 Å². The van der Waals surface area contributed by atoms with E-state index in [-0.39, 0.29) is 17.9 Å². The molecule has 0 aliphatic heterocycles. The van der Waals surface area contributed by atoms with Crippen molar-refractivity contribution in [3.05, 3.63) is 83.2 Å². The second-order valence-electron chi connectivity index (χ2n) is 8.94. The number of anilines is 2. The molecule has 0 unspecified atom stereocenters. The molecule has 0 saturated heterocycles. The number of carboxylic acids is 1. The first-order valence-corrected chi connectivity index (χ1v) is 10.8. The van der Waals surface area contributed by atoms with E-state index in [0.717, 1.165) is 11.1 Å². The van der Waals surface area contributed by atoms with Gasteiger partial charge in [-0.2, -0.15) is 0 Å². The highest BCUT2D eigenvalue weighted by molar-refractivity contribution is 6.00. The van der Waals surface area contributed by atoms with Crippen LogP contribution in [0.15, 0.2) is 60.7 Å². The SMILES string of the molecule is Cc1ccc(NC(=O)Nc2ccc(-c3ccc(C(=O)CC(C)(C)C(=O)O)cc3)cc2F)cc1C. The number of aliphatic carboxylic acids is 1. The summed E-state index contributed by atoms with van der Waals surface area (Å²) >= 11 is 0. The van der Waals surface area contributed by atoms with Crippen LogP contribution in [0.25, 0.3) is 11.1 Å². The van der Waals surface area contributed by atoms with E-state index in [2.05, 4.69) is 10.6 Å². The number of Topliss-reactive ketones (excluding diaryl/α,β-unsaturated/α-hetero) is 1. The van der Waals surface area contributed by atoms with Crippen LogP contribution in [0, 0.1) is 25.1 Å². The van der Waals surface area contributed by atoms with Gasteiger partial charge in [0.05, 0.1) is 11.1 Å². The van der Waals surface area contributed by atoms with Gasteiger partial charge >= 0.3 is 12.0 Å². The van der Waals surface area contributed by atoms with Gasteiger partial charge in [-0.15, -0.1) is 0 Å². The maximum absolute atomic E-state index is 14.7. The Hall–Kier alpha value is -4.00. The van der Waals surface area contributed by atoms with Crippen LogP contribution in [0.3, 0.4) is 0 Å². The lowest BCUT2D eigenvalue weighted by Crippen LogP contribution is -2.26. The quantitative estimate of drug-likeness (QED) is 0.352. The number of urea groups is 1. The normalized spacial score (nSPS) is 11.1. The van der Waals surface area contributed by atoms with Crippen molar-refractivity contribution in [2.75, 3.05) is 10.6 Å². The molecule has 0 aliphatic carbocycles. The highest BCUT2D eigenvalue weighted by Crippen LogP contribution is 2.27. The predicted octanol–water partition coefficient (Wildman–Crippen LogP) is 6.44. The van der Waals surface area contributed by atoms with Crippen LogP contribution in [-0.4, -0.2) is 22.9 Å². The molecular formula is C27H27FN2O4. The largest absolute Gasteiger partial charge is 0.481 e. The highest BCUT2D eigenvalue weighted by Gasteiger charge is 2.30. The standard InChI is InChI=1S/C27H27FN2O4/c1-16-5-11-21(13-17(16)2)29-26(34)30-23-12-10-20(14-22(23)28)18-6-8-19(9-7-18)24(31)15-27(3,4)25(32)33/h5-14H,15H2,1-4H3,(H,32,33)(H2,29,30,34). The fourth-order valence-corrected chi connectivity index (χ4v) is 3.33. The Balaban J connectivity index is 1.68. The summed E-state index contributed by atoms with van der Waals surface area (Å²) in [5.41, 5.74) is 3.26. The van der Waals surface area contributed by atoms with Gasteiger partial charge in [0.25, 0.3) is 0 Å². The number of hydrogen-bond acceptors (Lipinski definition) is 3. The molecule has 0 bridgehead atoms. The lowest BCUT2D eigenvalue weighted by molar-refractivity contribution is -0.146. The molecule has 0 heterocycles. The zero-order valence-electron chi connectivity index (χ0n) is 19.5. The van der Waals surface area contributed by atoms with Crippen molar-refractivity contribution >= 4 is 29.2 Å². The number of carboxylic acid groups (broad SMARTS) is 1. The molecule has 3 aromatic carbocycles. The molecule has 6 nitrogen and oxygen atoms in total. The molecule has 176 valence electrons. The molecule has 0 radical (unpaired) electrons. The number of carbonyl (C=O) groups excluding carboxylic acids is 2. The Kier molecular flexibility index (Phi) is 7.15. The van der Waals surface area contributed by atoms with Gasteiger partial charge in [0.15, 0.2) is 5.78 Å². The van der Waals surface area contributed by atoms with Crippen molar-refractivity contribution in [1.82, 2.24) is 0 Å². The molecule has 2 amide bonds. The molecule has 0 fully saturated rings. The van der Waals surface area contributed by atoms with E-state index in [1.807, 2.05) is 26.0 Å². The minimum atomic E-state index is -1.16. The van der Waals surface area contributed by atoms with Gasteiger partial charge in [-0.3, -0.25) is 9.59 Å². The van der Waals surface area contributed by atoms with E-state index in [1.54, 1.807) is 36.4 Å². The van der Waals surface area contributed by atoms with E-state index < -0.39 is 23.2 Å². The average Bonchev–Trinajstić information content (AvgIpc) is 2.77. The summed E-state index contributed by atoms with van der Waals surface area (Å²) in [4.78, 5) is 35.9. The topological polar surface area (TPSA) is 95.5 Å². The Morgan fingerprint density at radius 2 is 1.50 bits per heavy atom. The molecule has 7 heteroatoms. The molecule has 3 N–H and O–H groups in total. The van der Waals surface area contributed by atoms with Crippen LogP contribution in [0.1, 0.15) is 41.8 Å². The Bertz CT molecular complexity index is 1250. The first-order chi connectivity index (χ1) is 16.0. The number of benzene rings is 3. The van der Waals surface area contributed by atoms with Gasteiger partial charge in [0.1, 0.15) is 5.82 Å². The van der Waals surface area contributed by atoms with Crippen molar-refractivity contribution in [3.63, 3.8) is 0 Å². The monoisotopic (exact) mass is 462 g/mol. The maximum Gasteiger partial charge on any atom is 0.323 e. The number of carbonyl (C=O) groups is 3. The number of ketones is 1. The van der Waals surface area contributed by atoms with Gasteiger partial charge in [0, 0.05) is 17.7 Å². The zero-order chi connectivity index (χ0) is 25.0. The number of halogens is 1. The highest BCUT2D eigenvalue weighted by atomic mass is 19.1. The van der Waals surface area contributed by atoms with Crippen LogP contribution < -0.4 is 10.6 Å². The van der Waals surface area contributed by atoms with Crippen molar-refractivity contribution in [3.8, 4) is 11.1 Å². The lowest BCUT2D eigenvalue weighted by Gasteiger charge is -2.17. The minimum absolute atomic E-state index is 0.0350. The number of aryl methyl sites for hydroxylation is 2. The van der Waals surface area contributed by atoms with Crippen LogP contribution >= 0.6 is 0 Å². The summed E-state index contributed by atoms with van der Waals surface area (Å²) in [6, 6.07) is 15.9. The third-order valence-electron chi connectivity index (χ3n) is 5.70. The van der Waals surface area contributed by atoms with E-state index >= 15 is 0 Å². The average molecular weight is 463 g/mol. The van der Waals surface area contributed by atoms with E-state index in [1.165, 1.54) is 26.0 Å². The Morgan fingerprint density at radius 1 is 0.853 bits per heavy atom. The molecular weight excluding hydrogens is 435 g/mol. The molecule has 0 atom stereocenters. The summed E-state index contributed by atoms with van der Waals surface area (Å²) < 4.78 is 14.7. The van der Waals surface area contributed by atoms with Gasteiger partial charge in [-0.25, -0.2) is 9.18 Å². The van der Waals surface area contributed by atoms with E-state index in [4.69, 9.17) is 0 Å². The third kappa shape index (κ3) is 5.86. The molecule has 0 saturated carbocycles. The first kappa shape index (κ1) is 24.6. The molecule has 3 aromatic rings. The second-order valence-corrected chi connectivity index (χ2v) is 8.94. The number of amides is 2. The molecule has 0 aliphatic rings. The summed E-state index contributed by atoms with van der Waals surface area (Å²) in [6.07, 6.45) is -0.124. The summed E-state index contributed by atoms with van der Waals surface area (Å²) in [6.45, 7) is 6.92. The van der Waals surface area contributed by atoms with Gasteiger partial charge in [0.2, 0.25) is 0 Å². The fraction of sp³-hybridized carbons (Fsp3) is 0.222. The number of hydrogen-bond donors (Lipinski definition) is 3. The molecule has 34 heavy (non-hydrogen) atoms. The number of rotatable bonds is 7. The van der Waals surface area contributed by atoms with Crippen LogP contribution in [-0.2, 0) is 4.79 Å². The summed E-state index contributed by atoms with van der Waals surface area (Å²) in [5.74, 6) is -1.92. The zero-order valence-corrected chi connectivity index (χ0v) is 19.5. The maximum atomic E-state index is 14.7. The summed E-state index contributed by atoms with van der Waals surface area (Å²) in [7, 11) is 0.